The van der Waals surface area contributed by atoms with E-state index in [9.17, 15) is 14.4 Å². The minimum atomic E-state index is -1.04. The van der Waals surface area contributed by atoms with Gasteiger partial charge in [0.2, 0.25) is 11.8 Å². The molecule has 0 aliphatic carbocycles. The molecule has 6 heteroatoms. The minimum Gasteiger partial charge on any atom is -0.292 e. The van der Waals surface area contributed by atoms with Crippen molar-refractivity contribution in [3.63, 3.8) is 0 Å². The van der Waals surface area contributed by atoms with Crippen molar-refractivity contribution in [2.24, 2.45) is 10.9 Å². The average molecular weight is 327 g/mol. The van der Waals surface area contributed by atoms with Gasteiger partial charge in [0.25, 0.3) is 0 Å². The predicted molar refractivity (Wildman–Crippen MR) is 91.7 cm³/mol. The summed E-state index contributed by atoms with van der Waals surface area (Å²) < 4.78 is 0. The van der Waals surface area contributed by atoms with Crippen LogP contribution in [-0.4, -0.2) is 41.5 Å². The van der Waals surface area contributed by atoms with Gasteiger partial charge < -0.3 is 0 Å². The molecule has 1 aromatic rings. The summed E-state index contributed by atoms with van der Waals surface area (Å²) in [4.78, 5) is 41.8. The highest BCUT2D eigenvalue weighted by atomic mass is 16.2. The van der Waals surface area contributed by atoms with E-state index in [2.05, 4.69) is 16.9 Å². The lowest BCUT2D eigenvalue weighted by atomic mass is 9.96. The van der Waals surface area contributed by atoms with Crippen molar-refractivity contribution in [3.8, 4) is 0 Å². The van der Waals surface area contributed by atoms with E-state index in [-0.39, 0.29) is 6.54 Å². The summed E-state index contributed by atoms with van der Waals surface area (Å²) in [5.41, 5.74) is 1.63. The molecular weight excluding hydrogens is 306 g/mol. The van der Waals surface area contributed by atoms with E-state index in [0.717, 1.165) is 16.9 Å². The maximum atomic E-state index is 12.5. The monoisotopic (exact) mass is 327 g/mol. The van der Waals surface area contributed by atoms with Crippen LogP contribution in [0.25, 0.3) is 0 Å². The van der Waals surface area contributed by atoms with Crippen molar-refractivity contribution in [1.82, 2.24) is 10.2 Å². The molecule has 1 N–H and O–H groups in total. The van der Waals surface area contributed by atoms with Crippen LogP contribution in [0.1, 0.15) is 18.9 Å². The molecule has 0 radical (unpaired) electrons. The average Bonchev–Trinajstić information content (AvgIpc) is 2.58. The van der Waals surface area contributed by atoms with Gasteiger partial charge in [-0.05, 0) is 18.4 Å². The lowest BCUT2D eigenvalue weighted by Gasteiger charge is -2.29. The van der Waals surface area contributed by atoms with Gasteiger partial charge in [-0.1, -0.05) is 43.3 Å². The Morgan fingerprint density at radius 3 is 2.62 bits per heavy atom. The van der Waals surface area contributed by atoms with Crippen LogP contribution in [0.2, 0.25) is 0 Å². The van der Waals surface area contributed by atoms with E-state index in [0.29, 0.717) is 18.7 Å². The number of amides is 4. The molecule has 4 amide bonds. The van der Waals surface area contributed by atoms with E-state index in [4.69, 9.17) is 0 Å². The number of hydrogen-bond donors (Lipinski definition) is 1. The predicted octanol–water partition coefficient (Wildman–Crippen LogP) is 1.96. The Labute approximate surface area is 141 Å². The van der Waals surface area contributed by atoms with Crippen LogP contribution in [0.5, 0.6) is 0 Å². The summed E-state index contributed by atoms with van der Waals surface area (Å²) in [6.45, 7) is 5.92. The van der Waals surface area contributed by atoms with E-state index < -0.39 is 23.8 Å². The van der Waals surface area contributed by atoms with Gasteiger partial charge in [-0.15, -0.1) is 6.58 Å². The molecule has 126 valence electrons. The molecule has 6 nitrogen and oxygen atoms in total. The van der Waals surface area contributed by atoms with Crippen molar-refractivity contribution in [1.29, 1.82) is 0 Å². The summed E-state index contributed by atoms with van der Waals surface area (Å²) in [5.74, 6) is -2.18. The summed E-state index contributed by atoms with van der Waals surface area (Å²) in [7, 11) is 0. The number of barbiturate groups is 1. The molecule has 0 bridgehead atoms. The molecule has 1 heterocycles. The van der Waals surface area contributed by atoms with Crippen LogP contribution in [0, 0.1) is 5.92 Å². The molecule has 1 saturated heterocycles. The van der Waals surface area contributed by atoms with E-state index in [1.807, 2.05) is 37.3 Å². The summed E-state index contributed by atoms with van der Waals surface area (Å²) >= 11 is 0. The van der Waals surface area contributed by atoms with Crippen LogP contribution < -0.4 is 5.32 Å². The summed E-state index contributed by atoms with van der Waals surface area (Å²) in [6.07, 6.45) is 2.64. The second-order valence-electron chi connectivity index (χ2n) is 5.43. The number of imide groups is 2. The van der Waals surface area contributed by atoms with Crippen LogP contribution in [0.15, 0.2) is 48.0 Å². The minimum absolute atomic E-state index is 0.0649. The van der Waals surface area contributed by atoms with Gasteiger partial charge in [-0.25, -0.2) is 4.79 Å². The third-order valence-corrected chi connectivity index (χ3v) is 3.82. The van der Waals surface area contributed by atoms with E-state index >= 15 is 0 Å². The number of aliphatic imine (C=N–C) groups is 1. The number of nitrogens with zero attached hydrogens (tertiary/aromatic N) is 2. The van der Waals surface area contributed by atoms with Crippen molar-refractivity contribution >= 4 is 23.6 Å². The molecule has 2 rings (SSSR count). The zero-order valence-corrected chi connectivity index (χ0v) is 13.7. The highest BCUT2D eigenvalue weighted by Gasteiger charge is 2.42. The van der Waals surface area contributed by atoms with Crippen molar-refractivity contribution in [3.05, 3.63) is 48.6 Å². The number of carbonyl (C=O) groups excluding carboxylic acids is 3. The largest absolute Gasteiger partial charge is 0.331 e. The first-order valence-corrected chi connectivity index (χ1v) is 7.92. The van der Waals surface area contributed by atoms with Crippen molar-refractivity contribution in [2.75, 3.05) is 13.1 Å². The summed E-state index contributed by atoms with van der Waals surface area (Å²) in [5, 5.41) is 2.22. The van der Waals surface area contributed by atoms with Gasteiger partial charge in [0.1, 0.15) is 0 Å². The fraction of sp³-hybridized carbons (Fsp3) is 0.333. The fourth-order valence-electron chi connectivity index (χ4n) is 2.59. The highest BCUT2D eigenvalue weighted by molar-refractivity contribution is 6.27. The quantitative estimate of drug-likeness (QED) is 0.472. The Morgan fingerprint density at radius 2 is 2.00 bits per heavy atom. The van der Waals surface area contributed by atoms with Gasteiger partial charge in [0.05, 0.1) is 0 Å². The van der Waals surface area contributed by atoms with Crippen molar-refractivity contribution < 1.29 is 14.4 Å². The standard InChI is InChI=1S/C18H21N3O3/c1-3-12-21-17(23)15(16(22)20-18(21)24)14(4-2)19-11-10-13-8-6-5-7-9-13/h3,5-9,15H,1,4,10-12H2,2H3,(H,20,22,24). The zero-order chi connectivity index (χ0) is 17.5. The topological polar surface area (TPSA) is 78.8 Å². The number of nitrogens with one attached hydrogen (secondary N) is 1. The van der Waals surface area contributed by atoms with Gasteiger partial charge in [-0.3, -0.25) is 24.8 Å². The Balaban J connectivity index is 2.13. The van der Waals surface area contributed by atoms with Crippen LogP contribution in [0.4, 0.5) is 4.79 Å². The first-order valence-electron chi connectivity index (χ1n) is 7.92. The van der Waals surface area contributed by atoms with Gasteiger partial charge in [0.15, 0.2) is 5.92 Å². The number of carbonyl (C=O) groups is 3. The molecule has 1 atom stereocenters. The Hall–Kier alpha value is -2.76. The Kier molecular flexibility index (Phi) is 6.01. The van der Waals surface area contributed by atoms with E-state index in [1.165, 1.54) is 6.08 Å². The Morgan fingerprint density at radius 1 is 1.29 bits per heavy atom. The third kappa shape index (κ3) is 3.95. The molecule has 1 aliphatic heterocycles. The lowest BCUT2D eigenvalue weighted by molar-refractivity contribution is -0.139. The molecule has 1 aliphatic rings. The number of benzene rings is 1. The van der Waals surface area contributed by atoms with Gasteiger partial charge >= 0.3 is 6.03 Å². The second-order valence-corrected chi connectivity index (χ2v) is 5.43. The molecule has 1 aromatic carbocycles. The maximum Gasteiger partial charge on any atom is 0.331 e. The van der Waals surface area contributed by atoms with Crippen molar-refractivity contribution in [2.45, 2.75) is 19.8 Å². The maximum absolute atomic E-state index is 12.5. The van der Waals surface area contributed by atoms with Gasteiger partial charge in [-0.2, -0.15) is 0 Å². The zero-order valence-electron chi connectivity index (χ0n) is 13.7. The van der Waals surface area contributed by atoms with Crippen LogP contribution in [-0.2, 0) is 16.0 Å². The molecule has 0 aromatic heterocycles. The number of hydrogen-bond acceptors (Lipinski definition) is 4. The normalized spacial score (nSPS) is 18.5. The van der Waals surface area contributed by atoms with E-state index in [1.54, 1.807) is 0 Å². The molecule has 24 heavy (non-hydrogen) atoms. The lowest BCUT2D eigenvalue weighted by Crippen LogP contribution is -2.59. The molecule has 0 spiro atoms. The van der Waals surface area contributed by atoms with Gasteiger partial charge in [0, 0.05) is 18.8 Å². The first-order chi connectivity index (χ1) is 11.6. The number of urea groups is 1. The second kappa shape index (κ2) is 8.19. The molecule has 1 fully saturated rings. The highest BCUT2D eigenvalue weighted by Crippen LogP contribution is 2.15. The number of rotatable bonds is 7. The fourth-order valence-corrected chi connectivity index (χ4v) is 2.59. The smallest absolute Gasteiger partial charge is 0.292 e. The molecular formula is C18H21N3O3. The molecule has 1 unspecified atom stereocenters. The van der Waals surface area contributed by atoms with Crippen LogP contribution >= 0.6 is 0 Å². The first kappa shape index (κ1) is 17.6. The van der Waals surface area contributed by atoms with Crippen LogP contribution in [0.3, 0.4) is 0 Å². The SMILES string of the molecule is C=CCN1C(=O)NC(=O)C(C(CC)=NCCc2ccccc2)C1=O. The summed E-state index contributed by atoms with van der Waals surface area (Å²) in [6, 6.07) is 9.16. The Bertz CT molecular complexity index is 667. The third-order valence-electron chi connectivity index (χ3n) is 3.82. The molecule has 0 saturated carbocycles.